The van der Waals surface area contributed by atoms with E-state index in [4.69, 9.17) is 0 Å². The van der Waals surface area contributed by atoms with Gasteiger partial charge in [-0.15, -0.1) is 0 Å². The van der Waals surface area contributed by atoms with Crippen LogP contribution in [0.4, 0.5) is 0 Å². The van der Waals surface area contributed by atoms with Crippen molar-refractivity contribution in [3.8, 4) is 0 Å². The van der Waals surface area contributed by atoms with Crippen molar-refractivity contribution in [3.05, 3.63) is 0 Å². The standard InChI is InChI=1S/C10H18/c1-8-3-4-9-5-6-10(8,2)7-9/h8-9H,3-7H2,1-2H3. The predicted molar refractivity (Wildman–Crippen MR) is 43.8 cm³/mol. The average molecular weight is 138 g/mol. The second-order valence-electron chi connectivity index (χ2n) is 4.74. The van der Waals surface area contributed by atoms with E-state index in [2.05, 4.69) is 13.8 Å². The van der Waals surface area contributed by atoms with Crippen molar-refractivity contribution >= 4 is 0 Å². The first kappa shape index (κ1) is 6.69. The number of rotatable bonds is 0. The fourth-order valence-electron chi connectivity index (χ4n) is 2.93. The number of hydrogen-bond acceptors (Lipinski definition) is 0. The Morgan fingerprint density at radius 3 is 2.70 bits per heavy atom. The molecule has 2 saturated carbocycles. The first-order chi connectivity index (χ1) is 4.71. The molecule has 0 heteroatoms. The normalized spacial score (nSPS) is 53.4. The summed E-state index contributed by atoms with van der Waals surface area (Å²) in [4.78, 5) is 0. The molecule has 0 aromatic heterocycles. The zero-order valence-electron chi connectivity index (χ0n) is 7.19. The Hall–Kier alpha value is 0. The lowest BCUT2D eigenvalue weighted by atomic mass is 9.70. The van der Waals surface area contributed by atoms with Crippen LogP contribution >= 0.6 is 0 Å². The minimum absolute atomic E-state index is 0.753. The van der Waals surface area contributed by atoms with Gasteiger partial charge in [0.1, 0.15) is 0 Å². The van der Waals surface area contributed by atoms with E-state index in [0.717, 1.165) is 17.3 Å². The van der Waals surface area contributed by atoms with E-state index in [1.807, 2.05) is 0 Å². The van der Waals surface area contributed by atoms with Crippen LogP contribution in [0.25, 0.3) is 0 Å². The molecule has 0 aliphatic heterocycles. The lowest BCUT2D eigenvalue weighted by molar-refractivity contribution is 0.149. The summed E-state index contributed by atoms with van der Waals surface area (Å²) in [5.74, 6) is 2.12. The first-order valence-electron chi connectivity index (χ1n) is 4.71. The van der Waals surface area contributed by atoms with Gasteiger partial charge in [-0.3, -0.25) is 0 Å². The third-order valence-corrected chi connectivity index (χ3v) is 4.08. The molecule has 0 amide bonds. The molecule has 0 aromatic rings. The van der Waals surface area contributed by atoms with Crippen molar-refractivity contribution in [1.29, 1.82) is 0 Å². The van der Waals surface area contributed by atoms with Gasteiger partial charge in [-0.25, -0.2) is 0 Å². The summed E-state index contributed by atoms with van der Waals surface area (Å²) in [6.07, 6.45) is 7.60. The smallest absolute Gasteiger partial charge is 0.0297 e. The summed E-state index contributed by atoms with van der Waals surface area (Å²) in [6, 6.07) is 0. The molecule has 0 nitrogen and oxygen atoms in total. The Kier molecular flexibility index (Phi) is 1.33. The molecule has 2 aliphatic rings. The fourth-order valence-corrected chi connectivity index (χ4v) is 2.93. The first-order valence-corrected chi connectivity index (χ1v) is 4.71. The fraction of sp³-hybridized carbons (Fsp3) is 1.00. The Morgan fingerprint density at radius 2 is 2.00 bits per heavy atom. The molecule has 0 aromatic carbocycles. The van der Waals surface area contributed by atoms with Crippen molar-refractivity contribution in [2.24, 2.45) is 17.3 Å². The van der Waals surface area contributed by atoms with Crippen LogP contribution < -0.4 is 0 Å². The molecule has 0 saturated heterocycles. The summed E-state index contributed by atoms with van der Waals surface area (Å²) in [6.45, 7) is 4.94. The third-order valence-electron chi connectivity index (χ3n) is 4.08. The Morgan fingerprint density at radius 1 is 1.20 bits per heavy atom. The van der Waals surface area contributed by atoms with Crippen LogP contribution in [-0.4, -0.2) is 0 Å². The van der Waals surface area contributed by atoms with Crippen molar-refractivity contribution in [3.63, 3.8) is 0 Å². The molecule has 2 aliphatic carbocycles. The highest BCUT2D eigenvalue weighted by molar-refractivity contribution is 4.93. The molecule has 10 heavy (non-hydrogen) atoms. The number of fused-ring (bicyclic) bond motifs is 2. The van der Waals surface area contributed by atoms with E-state index in [-0.39, 0.29) is 0 Å². The quantitative estimate of drug-likeness (QED) is 0.482. The lowest BCUT2D eigenvalue weighted by Gasteiger charge is -2.35. The monoisotopic (exact) mass is 138 g/mol. The highest BCUT2D eigenvalue weighted by atomic mass is 14.5. The van der Waals surface area contributed by atoms with Gasteiger partial charge in [0.2, 0.25) is 0 Å². The van der Waals surface area contributed by atoms with Gasteiger partial charge in [-0.1, -0.05) is 20.3 Å². The van der Waals surface area contributed by atoms with E-state index in [0.29, 0.717) is 0 Å². The highest BCUT2D eigenvalue weighted by Crippen LogP contribution is 2.53. The summed E-state index contributed by atoms with van der Waals surface area (Å²) in [5.41, 5.74) is 0.753. The lowest BCUT2D eigenvalue weighted by Crippen LogP contribution is -2.25. The van der Waals surface area contributed by atoms with E-state index in [9.17, 15) is 0 Å². The SMILES string of the molecule is CC1CCC2CCC1(C)C2. The van der Waals surface area contributed by atoms with Crippen LogP contribution in [0.2, 0.25) is 0 Å². The van der Waals surface area contributed by atoms with E-state index in [1.165, 1.54) is 32.1 Å². The molecule has 0 spiro atoms. The van der Waals surface area contributed by atoms with Crippen LogP contribution in [0, 0.1) is 17.3 Å². The minimum Gasteiger partial charge on any atom is -0.0620 e. The molecule has 2 fully saturated rings. The van der Waals surface area contributed by atoms with Crippen LogP contribution in [-0.2, 0) is 0 Å². The average Bonchev–Trinajstić information content (AvgIpc) is 2.22. The van der Waals surface area contributed by atoms with Gasteiger partial charge in [0.15, 0.2) is 0 Å². The summed E-state index contributed by atoms with van der Waals surface area (Å²) in [5, 5.41) is 0. The molecule has 0 radical (unpaired) electrons. The van der Waals surface area contributed by atoms with Crippen molar-refractivity contribution in [1.82, 2.24) is 0 Å². The molecule has 58 valence electrons. The van der Waals surface area contributed by atoms with Gasteiger partial charge < -0.3 is 0 Å². The molecular weight excluding hydrogens is 120 g/mol. The van der Waals surface area contributed by atoms with Gasteiger partial charge in [0.25, 0.3) is 0 Å². The van der Waals surface area contributed by atoms with E-state index < -0.39 is 0 Å². The molecule has 2 bridgehead atoms. The number of hydrogen-bond donors (Lipinski definition) is 0. The summed E-state index contributed by atoms with van der Waals surface area (Å²) in [7, 11) is 0. The topological polar surface area (TPSA) is 0 Å². The molecule has 0 N–H and O–H groups in total. The van der Waals surface area contributed by atoms with Crippen LogP contribution in [0.3, 0.4) is 0 Å². The maximum atomic E-state index is 2.50. The second-order valence-corrected chi connectivity index (χ2v) is 4.74. The van der Waals surface area contributed by atoms with Gasteiger partial charge >= 0.3 is 0 Å². The zero-order chi connectivity index (χ0) is 7.19. The maximum absolute atomic E-state index is 2.50. The Balaban J connectivity index is 2.17. The van der Waals surface area contributed by atoms with Gasteiger partial charge in [0.05, 0.1) is 0 Å². The summed E-state index contributed by atoms with van der Waals surface area (Å²) < 4.78 is 0. The van der Waals surface area contributed by atoms with Crippen LogP contribution in [0.5, 0.6) is 0 Å². The predicted octanol–water partition coefficient (Wildman–Crippen LogP) is 3.22. The summed E-state index contributed by atoms with van der Waals surface area (Å²) >= 11 is 0. The van der Waals surface area contributed by atoms with Crippen LogP contribution in [0.1, 0.15) is 46.0 Å². The molecule has 3 atom stereocenters. The highest BCUT2D eigenvalue weighted by Gasteiger charge is 2.42. The van der Waals surface area contributed by atoms with Crippen molar-refractivity contribution in [2.75, 3.05) is 0 Å². The van der Waals surface area contributed by atoms with Gasteiger partial charge in [-0.2, -0.15) is 0 Å². The maximum Gasteiger partial charge on any atom is -0.0297 e. The van der Waals surface area contributed by atoms with Crippen molar-refractivity contribution < 1.29 is 0 Å². The van der Waals surface area contributed by atoms with E-state index in [1.54, 1.807) is 0 Å². The largest absolute Gasteiger partial charge is 0.0620 e. The van der Waals surface area contributed by atoms with Gasteiger partial charge in [-0.05, 0) is 42.9 Å². The van der Waals surface area contributed by atoms with E-state index >= 15 is 0 Å². The molecule has 2 rings (SSSR count). The second kappa shape index (κ2) is 1.99. The van der Waals surface area contributed by atoms with Crippen LogP contribution in [0.15, 0.2) is 0 Å². The Bertz CT molecular complexity index is 137. The molecule has 3 unspecified atom stereocenters. The zero-order valence-corrected chi connectivity index (χ0v) is 7.19. The van der Waals surface area contributed by atoms with Gasteiger partial charge in [0, 0.05) is 0 Å². The molecule has 0 heterocycles. The molecular formula is C10H18. The van der Waals surface area contributed by atoms with Crippen molar-refractivity contribution in [2.45, 2.75) is 46.0 Å². The Labute approximate surface area is 64.0 Å². The minimum atomic E-state index is 0.753. The third kappa shape index (κ3) is 0.810.